The monoisotopic (exact) mass is 598 g/mol. The highest BCUT2D eigenvalue weighted by atomic mass is 35.5. The largest absolute Gasteiger partial charge is 0.490 e. The Morgan fingerprint density at radius 2 is 1.56 bits per heavy atom. The Morgan fingerprint density at radius 1 is 0.878 bits per heavy atom. The second-order valence-electron chi connectivity index (χ2n) is 10.8. The smallest absolute Gasteiger partial charge is 0.243 e. The number of carbonyl (C=O) groups is 2. The Kier molecular flexibility index (Phi) is 11.9. The van der Waals surface area contributed by atoms with E-state index in [-0.39, 0.29) is 24.8 Å². The predicted molar refractivity (Wildman–Crippen MR) is 166 cm³/mol. The van der Waals surface area contributed by atoms with Gasteiger partial charge in [0.15, 0.2) is 11.5 Å². The summed E-state index contributed by atoms with van der Waals surface area (Å²) in [5.74, 6) is 0.938. The summed E-state index contributed by atoms with van der Waals surface area (Å²) in [4.78, 5) is 29.4. The number of halogens is 2. The lowest BCUT2D eigenvalue weighted by Crippen LogP contribution is -2.54. The molecule has 3 rings (SSSR count). The molecule has 3 aromatic rings. The molecule has 6 nitrogen and oxygen atoms in total. The van der Waals surface area contributed by atoms with E-state index in [1.54, 1.807) is 23.1 Å². The van der Waals surface area contributed by atoms with Crippen LogP contribution >= 0.6 is 23.2 Å². The van der Waals surface area contributed by atoms with Crippen LogP contribution in [0, 0.1) is 0 Å². The molecule has 0 bridgehead atoms. The van der Waals surface area contributed by atoms with Crippen LogP contribution in [0.15, 0.2) is 66.7 Å². The number of benzene rings is 3. The normalized spacial score (nSPS) is 12.0. The molecule has 0 aromatic heterocycles. The highest BCUT2D eigenvalue weighted by Crippen LogP contribution is 2.30. The maximum absolute atomic E-state index is 14.0. The average molecular weight is 600 g/mol. The quantitative estimate of drug-likeness (QED) is 0.224. The fraction of sp³-hybridized carbons (Fsp3) is 0.394. The van der Waals surface area contributed by atoms with Gasteiger partial charge in [-0.05, 0) is 82.0 Å². The van der Waals surface area contributed by atoms with Crippen molar-refractivity contribution in [2.75, 3.05) is 13.2 Å². The molecule has 0 radical (unpaired) electrons. The summed E-state index contributed by atoms with van der Waals surface area (Å²) in [6.45, 7) is 10.8. The number of hydrogen-bond donors (Lipinski definition) is 1. The lowest BCUT2D eigenvalue weighted by molar-refractivity contribution is -0.141. The van der Waals surface area contributed by atoms with Crippen LogP contribution in [-0.4, -0.2) is 41.5 Å². The van der Waals surface area contributed by atoms with Crippen molar-refractivity contribution in [1.29, 1.82) is 0 Å². The van der Waals surface area contributed by atoms with Crippen LogP contribution in [0.5, 0.6) is 11.5 Å². The number of nitrogens with one attached hydrogen (secondary N) is 1. The Balaban J connectivity index is 1.95. The molecule has 220 valence electrons. The molecule has 3 aromatic carbocycles. The molecule has 1 atom stereocenters. The van der Waals surface area contributed by atoms with Gasteiger partial charge in [-0.15, -0.1) is 0 Å². The zero-order valence-electron chi connectivity index (χ0n) is 24.5. The lowest BCUT2D eigenvalue weighted by Gasteiger charge is -2.34. The molecule has 1 N–H and O–H groups in total. The van der Waals surface area contributed by atoms with Crippen molar-refractivity contribution in [3.8, 4) is 11.5 Å². The van der Waals surface area contributed by atoms with E-state index in [0.29, 0.717) is 53.2 Å². The highest BCUT2D eigenvalue weighted by Gasteiger charge is 2.32. The number of nitrogens with zero attached hydrogens (tertiary/aromatic N) is 1. The van der Waals surface area contributed by atoms with Crippen LogP contribution in [-0.2, 0) is 29.0 Å². The molecule has 0 fully saturated rings. The molecular formula is C33H40Cl2N2O4. The Labute approximate surface area is 253 Å². The van der Waals surface area contributed by atoms with Crippen LogP contribution in [0.25, 0.3) is 0 Å². The average Bonchev–Trinajstić information content (AvgIpc) is 2.91. The first kappa shape index (κ1) is 32.3. The molecular weight excluding hydrogens is 559 g/mol. The number of ether oxygens (including phenoxy) is 2. The minimum Gasteiger partial charge on any atom is -0.490 e. The molecule has 0 unspecified atom stereocenters. The minimum absolute atomic E-state index is 0.159. The van der Waals surface area contributed by atoms with Crippen molar-refractivity contribution in [2.24, 2.45) is 0 Å². The van der Waals surface area contributed by atoms with Crippen molar-refractivity contribution in [2.45, 2.75) is 72.0 Å². The molecule has 0 spiro atoms. The second-order valence-corrected chi connectivity index (χ2v) is 11.7. The van der Waals surface area contributed by atoms with E-state index in [0.717, 1.165) is 11.1 Å². The van der Waals surface area contributed by atoms with Gasteiger partial charge in [-0.3, -0.25) is 9.59 Å². The standard InChI is InChI=1S/C33H40Cl2N2O4/c1-6-40-29-17-13-24(20-30(29)41-7-2)14-18-31(38)37(22-25-15-16-26(34)21-27(25)35)28(32(39)36-33(3,4)5)19-23-11-9-8-10-12-23/h8-13,15-17,20-21,28H,6-7,14,18-19,22H2,1-5H3,(H,36,39)/t28-/m1/s1. The summed E-state index contributed by atoms with van der Waals surface area (Å²) in [6.07, 6.45) is 1.02. The van der Waals surface area contributed by atoms with E-state index in [4.69, 9.17) is 32.7 Å². The van der Waals surface area contributed by atoms with Gasteiger partial charge in [0, 0.05) is 35.0 Å². The zero-order chi connectivity index (χ0) is 30.0. The maximum atomic E-state index is 14.0. The van der Waals surface area contributed by atoms with Crippen molar-refractivity contribution in [3.63, 3.8) is 0 Å². The molecule has 0 aliphatic carbocycles. The van der Waals surface area contributed by atoms with Gasteiger partial charge in [0.2, 0.25) is 11.8 Å². The summed E-state index contributed by atoms with van der Waals surface area (Å²) in [7, 11) is 0. The summed E-state index contributed by atoms with van der Waals surface area (Å²) >= 11 is 12.7. The Bertz CT molecular complexity index is 1310. The number of carbonyl (C=O) groups excluding carboxylic acids is 2. The molecule has 0 saturated heterocycles. The maximum Gasteiger partial charge on any atom is 0.243 e. The van der Waals surface area contributed by atoms with Gasteiger partial charge in [-0.25, -0.2) is 0 Å². The van der Waals surface area contributed by atoms with E-state index in [1.165, 1.54) is 0 Å². The number of aryl methyl sites for hydroxylation is 1. The summed E-state index contributed by atoms with van der Waals surface area (Å²) < 4.78 is 11.5. The van der Waals surface area contributed by atoms with E-state index < -0.39 is 11.6 Å². The molecule has 0 saturated carbocycles. The van der Waals surface area contributed by atoms with Gasteiger partial charge in [0.25, 0.3) is 0 Å². The zero-order valence-corrected chi connectivity index (χ0v) is 26.0. The van der Waals surface area contributed by atoms with Gasteiger partial charge in [-0.1, -0.05) is 65.7 Å². The van der Waals surface area contributed by atoms with Crippen LogP contribution in [0.4, 0.5) is 0 Å². The van der Waals surface area contributed by atoms with E-state index in [2.05, 4.69) is 5.32 Å². The molecule has 2 amide bonds. The van der Waals surface area contributed by atoms with Crippen LogP contribution < -0.4 is 14.8 Å². The first-order valence-electron chi connectivity index (χ1n) is 14.0. The second kappa shape index (κ2) is 15.1. The van der Waals surface area contributed by atoms with Crippen LogP contribution in [0.3, 0.4) is 0 Å². The summed E-state index contributed by atoms with van der Waals surface area (Å²) in [5, 5.41) is 4.03. The Morgan fingerprint density at radius 3 is 2.20 bits per heavy atom. The topological polar surface area (TPSA) is 67.9 Å². The molecule has 0 heterocycles. The number of rotatable bonds is 13. The Hall–Kier alpha value is -3.22. The third-order valence-electron chi connectivity index (χ3n) is 6.36. The lowest BCUT2D eigenvalue weighted by atomic mass is 9.99. The predicted octanol–water partition coefficient (Wildman–Crippen LogP) is 7.28. The van der Waals surface area contributed by atoms with Crippen molar-refractivity contribution in [1.82, 2.24) is 10.2 Å². The fourth-order valence-corrected chi connectivity index (χ4v) is 4.95. The SMILES string of the molecule is CCOc1ccc(CCC(=O)N(Cc2ccc(Cl)cc2Cl)[C@H](Cc2ccccc2)C(=O)NC(C)(C)C)cc1OCC. The van der Waals surface area contributed by atoms with E-state index in [9.17, 15) is 9.59 Å². The summed E-state index contributed by atoms with van der Waals surface area (Å²) in [6, 6.07) is 19.9. The third-order valence-corrected chi connectivity index (χ3v) is 6.95. The third kappa shape index (κ3) is 9.98. The molecule has 8 heteroatoms. The number of amides is 2. The molecule has 0 aliphatic heterocycles. The fourth-order valence-electron chi connectivity index (χ4n) is 4.49. The summed E-state index contributed by atoms with van der Waals surface area (Å²) in [5.41, 5.74) is 2.13. The molecule has 0 aliphatic rings. The van der Waals surface area contributed by atoms with Crippen LogP contribution in [0.1, 0.15) is 57.7 Å². The van der Waals surface area contributed by atoms with Gasteiger partial charge < -0.3 is 19.7 Å². The van der Waals surface area contributed by atoms with Crippen molar-refractivity contribution in [3.05, 3.63) is 93.5 Å². The van der Waals surface area contributed by atoms with Gasteiger partial charge in [0.05, 0.1) is 13.2 Å². The van der Waals surface area contributed by atoms with Crippen molar-refractivity contribution < 1.29 is 19.1 Å². The van der Waals surface area contributed by atoms with Gasteiger partial charge in [-0.2, -0.15) is 0 Å². The first-order valence-corrected chi connectivity index (χ1v) is 14.7. The number of hydrogen-bond acceptors (Lipinski definition) is 4. The minimum atomic E-state index is -0.754. The molecule has 41 heavy (non-hydrogen) atoms. The van der Waals surface area contributed by atoms with E-state index >= 15 is 0 Å². The highest BCUT2D eigenvalue weighted by molar-refractivity contribution is 6.35. The van der Waals surface area contributed by atoms with E-state index in [1.807, 2.05) is 83.1 Å². The van der Waals surface area contributed by atoms with Crippen molar-refractivity contribution >= 4 is 35.0 Å². The van der Waals surface area contributed by atoms with Crippen LogP contribution in [0.2, 0.25) is 10.0 Å². The van der Waals surface area contributed by atoms with Gasteiger partial charge in [0.1, 0.15) is 6.04 Å². The van der Waals surface area contributed by atoms with Gasteiger partial charge >= 0.3 is 0 Å². The first-order chi connectivity index (χ1) is 19.5.